The fourth-order valence-electron chi connectivity index (χ4n) is 1.94. The second kappa shape index (κ2) is 9.46. The first-order valence-electron chi connectivity index (χ1n) is 7.39. The summed E-state index contributed by atoms with van der Waals surface area (Å²) in [5, 5.41) is 5.86. The molecule has 2 N–H and O–H groups in total. The number of hydrogen-bond acceptors (Lipinski definition) is 2. The number of benzene rings is 1. The Balaban J connectivity index is 2.49. The van der Waals surface area contributed by atoms with Gasteiger partial charge in [-0.2, -0.15) is 0 Å². The van der Waals surface area contributed by atoms with Crippen molar-refractivity contribution in [2.24, 2.45) is 4.99 Å². The predicted molar refractivity (Wildman–Crippen MR) is 91.9 cm³/mol. The van der Waals surface area contributed by atoms with Crippen LogP contribution >= 0.6 is 0 Å². The molecule has 0 aliphatic heterocycles. The highest BCUT2D eigenvalue weighted by molar-refractivity contribution is 5.95. The highest BCUT2D eigenvalue weighted by Gasteiger charge is 2.08. The Kier molecular flexibility index (Phi) is 7.55. The van der Waals surface area contributed by atoms with Crippen molar-refractivity contribution in [2.45, 2.75) is 19.8 Å². The zero-order valence-corrected chi connectivity index (χ0v) is 13.5. The molecule has 0 fully saturated rings. The number of carbonyl (C=O) groups excluding carboxylic acids is 1. The molecule has 1 aromatic carbocycles. The number of unbranched alkanes of at least 4 members (excludes halogenated alkanes) is 1. The third kappa shape index (κ3) is 5.88. The summed E-state index contributed by atoms with van der Waals surface area (Å²) < 4.78 is 0. The lowest BCUT2D eigenvalue weighted by atomic mass is 10.2. The molecule has 0 aliphatic rings. The number of rotatable bonds is 6. The minimum atomic E-state index is -0.140. The summed E-state index contributed by atoms with van der Waals surface area (Å²) >= 11 is 0. The van der Waals surface area contributed by atoms with Crippen LogP contribution < -0.4 is 10.6 Å². The molecule has 0 unspecified atom stereocenters. The average molecular weight is 300 g/mol. The molecule has 0 aliphatic carbocycles. The van der Waals surface area contributed by atoms with Crippen molar-refractivity contribution < 1.29 is 4.79 Å². The highest BCUT2D eigenvalue weighted by atomic mass is 16.1. The van der Waals surface area contributed by atoms with E-state index in [9.17, 15) is 4.79 Å². The van der Waals surface area contributed by atoms with Crippen molar-refractivity contribution in [3.05, 3.63) is 29.8 Å². The van der Waals surface area contributed by atoms with Crippen LogP contribution in [0.5, 0.6) is 0 Å². The SMILES string of the molecule is C#Cc1cccc(NC(=O)CNC(=NC)N(C)CCCC)c1. The van der Waals surface area contributed by atoms with Crippen molar-refractivity contribution in [3.63, 3.8) is 0 Å². The van der Waals surface area contributed by atoms with Crippen LogP contribution in [-0.2, 0) is 4.79 Å². The molecular formula is C17H24N4O. The lowest BCUT2D eigenvalue weighted by Crippen LogP contribution is -2.42. The van der Waals surface area contributed by atoms with E-state index >= 15 is 0 Å². The lowest BCUT2D eigenvalue weighted by molar-refractivity contribution is -0.115. The van der Waals surface area contributed by atoms with E-state index in [-0.39, 0.29) is 12.5 Å². The number of amides is 1. The first-order valence-corrected chi connectivity index (χ1v) is 7.39. The Bertz CT molecular complexity index is 560. The number of terminal acetylenes is 1. The monoisotopic (exact) mass is 300 g/mol. The Morgan fingerprint density at radius 3 is 2.86 bits per heavy atom. The van der Waals surface area contributed by atoms with Crippen LogP contribution in [0.25, 0.3) is 0 Å². The number of anilines is 1. The first kappa shape index (κ1) is 17.6. The number of nitrogens with one attached hydrogen (secondary N) is 2. The summed E-state index contributed by atoms with van der Waals surface area (Å²) in [6, 6.07) is 7.20. The van der Waals surface area contributed by atoms with Gasteiger partial charge in [0.2, 0.25) is 5.91 Å². The normalized spacial score (nSPS) is 10.7. The van der Waals surface area contributed by atoms with Gasteiger partial charge in [-0.15, -0.1) is 6.42 Å². The van der Waals surface area contributed by atoms with Gasteiger partial charge in [0.05, 0.1) is 6.54 Å². The molecule has 1 amide bonds. The van der Waals surface area contributed by atoms with Gasteiger partial charge in [0, 0.05) is 31.9 Å². The van der Waals surface area contributed by atoms with Crippen molar-refractivity contribution in [1.29, 1.82) is 0 Å². The van der Waals surface area contributed by atoms with E-state index < -0.39 is 0 Å². The maximum atomic E-state index is 12.0. The van der Waals surface area contributed by atoms with Gasteiger partial charge in [0.25, 0.3) is 0 Å². The fourth-order valence-corrected chi connectivity index (χ4v) is 1.94. The van der Waals surface area contributed by atoms with Gasteiger partial charge in [-0.05, 0) is 24.6 Å². The smallest absolute Gasteiger partial charge is 0.243 e. The van der Waals surface area contributed by atoms with Crippen LogP contribution in [0.15, 0.2) is 29.3 Å². The molecule has 22 heavy (non-hydrogen) atoms. The summed E-state index contributed by atoms with van der Waals surface area (Å²) in [6.45, 7) is 3.20. The Morgan fingerprint density at radius 2 is 2.23 bits per heavy atom. The molecule has 0 radical (unpaired) electrons. The van der Waals surface area contributed by atoms with Crippen LogP contribution in [-0.4, -0.2) is 44.0 Å². The fraction of sp³-hybridized carbons (Fsp3) is 0.412. The van der Waals surface area contributed by atoms with Gasteiger partial charge in [0.1, 0.15) is 0 Å². The quantitative estimate of drug-likeness (QED) is 0.479. The summed E-state index contributed by atoms with van der Waals surface area (Å²) in [5.74, 6) is 3.11. The largest absolute Gasteiger partial charge is 0.347 e. The maximum absolute atomic E-state index is 12.0. The number of carbonyl (C=O) groups is 1. The molecule has 1 rings (SSSR count). The highest BCUT2D eigenvalue weighted by Crippen LogP contribution is 2.09. The van der Waals surface area contributed by atoms with Crippen molar-refractivity contribution in [1.82, 2.24) is 10.2 Å². The minimum Gasteiger partial charge on any atom is -0.347 e. The van der Waals surface area contributed by atoms with Gasteiger partial charge < -0.3 is 15.5 Å². The van der Waals surface area contributed by atoms with Crippen molar-refractivity contribution in [3.8, 4) is 12.3 Å². The zero-order valence-electron chi connectivity index (χ0n) is 13.5. The topological polar surface area (TPSA) is 56.7 Å². The van der Waals surface area contributed by atoms with Crippen LogP contribution in [0, 0.1) is 12.3 Å². The predicted octanol–water partition coefficient (Wildman–Crippen LogP) is 1.91. The Hall–Kier alpha value is -2.48. The average Bonchev–Trinajstić information content (AvgIpc) is 2.53. The summed E-state index contributed by atoms with van der Waals surface area (Å²) in [5.41, 5.74) is 1.43. The molecule has 0 spiro atoms. The number of guanidine groups is 1. The second-order valence-electron chi connectivity index (χ2n) is 4.95. The molecule has 0 bridgehead atoms. The van der Waals surface area contributed by atoms with Crippen LogP contribution in [0.3, 0.4) is 0 Å². The van der Waals surface area contributed by atoms with Crippen LogP contribution in [0.4, 0.5) is 5.69 Å². The second-order valence-corrected chi connectivity index (χ2v) is 4.95. The Labute approximate surface area is 132 Å². The number of hydrogen-bond donors (Lipinski definition) is 2. The number of aliphatic imine (C=N–C) groups is 1. The summed E-state index contributed by atoms with van der Waals surface area (Å²) in [4.78, 5) is 18.2. The molecule has 118 valence electrons. The lowest BCUT2D eigenvalue weighted by Gasteiger charge is -2.21. The van der Waals surface area contributed by atoms with E-state index in [4.69, 9.17) is 6.42 Å². The maximum Gasteiger partial charge on any atom is 0.243 e. The van der Waals surface area contributed by atoms with E-state index in [1.165, 1.54) is 0 Å². The van der Waals surface area contributed by atoms with E-state index in [0.717, 1.165) is 24.9 Å². The molecule has 1 aromatic rings. The third-order valence-electron chi connectivity index (χ3n) is 3.14. The summed E-state index contributed by atoms with van der Waals surface area (Å²) in [6.07, 6.45) is 7.55. The van der Waals surface area contributed by atoms with E-state index in [1.54, 1.807) is 19.2 Å². The van der Waals surface area contributed by atoms with Crippen molar-refractivity contribution in [2.75, 3.05) is 32.5 Å². The molecule has 5 nitrogen and oxygen atoms in total. The first-order chi connectivity index (χ1) is 10.6. The third-order valence-corrected chi connectivity index (χ3v) is 3.14. The number of nitrogens with zero attached hydrogens (tertiary/aromatic N) is 2. The van der Waals surface area contributed by atoms with E-state index in [2.05, 4.69) is 28.5 Å². The van der Waals surface area contributed by atoms with Crippen LogP contribution in [0.1, 0.15) is 25.3 Å². The van der Waals surface area contributed by atoms with E-state index in [1.807, 2.05) is 24.1 Å². The Morgan fingerprint density at radius 1 is 1.45 bits per heavy atom. The minimum absolute atomic E-state index is 0.140. The summed E-state index contributed by atoms with van der Waals surface area (Å²) in [7, 11) is 3.67. The van der Waals surface area contributed by atoms with Gasteiger partial charge in [0.15, 0.2) is 5.96 Å². The molecule has 0 saturated carbocycles. The molecular weight excluding hydrogens is 276 g/mol. The molecule has 0 saturated heterocycles. The molecule has 0 aromatic heterocycles. The standard InChI is InChI=1S/C17H24N4O/c1-5-7-11-21(4)17(18-3)19-13-16(22)20-15-10-8-9-14(6-2)12-15/h2,8-10,12H,5,7,11,13H2,1,3-4H3,(H,18,19)(H,20,22). The zero-order chi connectivity index (χ0) is 16.4. The molecule has 5 heteroatoms. The molecule has 0 atom stereocenters. The van der Waals surface area contributed by atoms with Gasteiger partial charge in [-0.25, -0.2) is 0 Å². The van der Waals surface area contributed by atoms with Crippen LogP contribution in [0.2, 0.25) is 0 Å². The van der Waals surface area contributed by atoms with Crippen molar-refractivity contribution >= 4 is 17.6 Å². The van der Waals surface area contributed by atoms with Gasteiger partial charge in [-0.1, -0.05) is 25.3 Å². The van der Waals surface area contributed by atoms with E-state index in [0.29, 0.717) is 11.6 Å². The van der Waals surface area contributed by atoms with Gasteiger partial charge in [-0.3, -0.25) is 9.79 Å². The van der Waals surface area contributed by atoms with Gasteiger partial charge >= 0.3 is 0 Å². The molecule has 0 heterocycles.